The number of hydrogen-bond donors (Lipinski definition) is 2. The van der Waals surface area contributed by atoms with Crippen LogP contribution in [0.1, 0.15) is 24.5 Å². The molecule has 1 unspecified atom stereocenters. The van der Waals surface area contributed by atoms with Gasteiger partial charge in [-0.25, -0.2) is 8.42 Å². The van der Waals surface area contributed by atoms with Crippen molar-refractivity contribution in [1.29, 1.82) is 0 Å². The minimum absolute atomic E-state index is 0.129. The van der Waals surface area contributed by atoms with Gasteiger partial charge in [0.25, 0.3) is 0 Å². The van der Waals surface area contributed by atoms with Crippen molar-refractivity contribution in [1.82, 2.24) is 9.78 Å². The molecule has 2 N–H and O–H groups in total. The highest BCUT2D eigenvalue weighted by Crippen LogP contribution is 2.23. The molecule has 142 valence electrons. The third-order valence-corrected chi connectivity index (χ3v) is 7.84. The number of anilines is 2. The predicted octanol–water partition coefficient (Wildman–Crippen LogP) is 2.08. The van der Waals surface area contributed by atoms with E-state index in [9.17, 15) is 8.42 Å². The van der Waals surface area contributed by atoms with Crippen LogP contribution in [0.3, 0.4) is 0 Å². The summed E-state index contributed by atoms with van der Waals surface area (Å²) in [6, 6.07) is 6.37. The zero-order valence-electron chi connectivity index (χ0n) is 15.3. The normalized spacial score (nSPS) is 20.2. The van der Waals surface area contributed by atoms with Crippen LogP contribution in [0.5, 0.6) is 0 Å². The topological polar surface area (TPSA) is 68.4 Å². The van der Waals surface area contributed by atoms with Crippen molar-refractivity contribution in [2.24, 2.45) is 0 Å². The largest absolute Gasteiger partial charge is 0.330 e. The summed E-state index contributed by atoms with van der Waals surface area (Å²) in [6.07, 6.45) is 0.719. The standard InChI is InChI=1S/C17H24N4O2S3/c1-4-20(14-7-8-26(22,23)10-14)11-21-17(24)25-16(19-21)18-15-6-5-12(2)9-13(15)3/h5-6,9,14H,4,7-8,10-11H2,1-3H3,(H,18,19)/p+1/t14-/m0/s1. The maximum absolute atomic E-state index is 11.8. The predicted molar refractivity (Wildman–Crippen MR) is 109 cm³/mol. The lowest BCUT2D eigenvalue weighted by molar-refractivity contribution is -0.943. The van der Waals surface area contributed by atoms with Gasteiger partial charge in [-0.2, -0.15) is 4.68 Å². The van der Waals surface area contributed by atoms with Gasteiger partial charge in [0.15, 0.2) is 20.5 Å². The number of nitrogens with one attached hydrogen (secondary N) is 2. The van der Waals surface area contributed by atoms with E-state index < -0.39 is 9.84 Å². The van der Waals surface area contributed by atoms with E-state index in [1.54, 1.807) is 0 Å². The van der Waals surface area contributed by atoms with Crippen molar-refractivity contribution in [3.05, 3.63) is 33.3 Å². The summed E-state index contributed by atoms with van der Waals surface area (Å²) in [4.78, 5) is 1.21. The zero-order valence-corrected chi connectivity index (χ0v) is 17.7. The number of rotatable bonds is 6. The molecular weight excluding hydrogens is 388 g/mol. The fourth-order valence-corrected chi connectivity index (χ4v) is 6.21. The molecule has 3 rings (SSSR count). The van der Waals surface area contributed by atoms with Crippen molar-refractivity contribution in [2.75, 3.05) is 23.4 Å². The lowest BCUT2D eigenvalue weighted by Gasteiger charge is -2.23. The average Bonchev–Trinajstić information content (AvgIpc) is 3.09. The Labute approximate surface area is 163 Å². The third-order valence-electron chi connectivity index (χ3n) is 4.85. The van der Waals surface area contributed by atoms with E-state index >= 15 is 0 Å². The van der Waals surface area contributed by atoms with Crippen LogP contribution >= 0.6 is 23.6 Å². The number of nitrogens with zero attached hydrogens (tertiary/aromatic N) is 2. The van der Waals surface area contributed by atoms with E-state index in [0.29, 0.717) is 16.4 Å². The lowest BCUT2D eigenvalue weighted by atomic mass is 10.1. The Hall–Kier alpha value is -1.29. The van der Waals surface area contributed by atoms with Crippen molar-refractivity contribution in [3.63, 3.8) is 0 Å². The van der Waals surface area contributed by atoms with Crippen LogP contribution in [-0.2, 0) is 16.5 Å². The van der Waals surface area contributed by atoms with Gasteiger partial charge in [-0.1, -0.05) is 29.0 Å². The van der Waals surface area contributed by atoms with Gasteiger partial charge in [-0.05, 0) is 44.6 Å². The van der Waals surface area contributed by atoms with Crippen LogP contribution in [0.25, 0.3) is 0 Å². The van der Waals surface area contributed by atoms with E-state index in [4.69, 9.17) is 12.2 Å². The quantitative estimate of drug-likeness (QED) is 0.710. The third kappa shape index (κ3) is 4.51. The summed E-state index contributed by atoms with van der Waals surface area (Å²) in [5, 5.41) is 8.72. The molecule has 0 radical (unpaired) electrons. The molecule has 26 heavy (non-hydrogen) atoms. The molecule has 0 spiro atoms. The molecule has 1 aromatic heterocycles. The Bertz CT molecular complexity index is 949. The van der Waals surface area contributed by atoms with Gasteiger partial charge in [0.05, 0.1) is 12.3 Å². The number of hydrogen-bond acceptors (Lipinski definition) is 6. The van der Waals surface area contributed by atoms with Gasteiger partial charge in [0, 0.05) is 12.1 Å². The first kappa shape index (κ1) is 19.5. The Morgan fingerprint density at radius 1 is 1.42 bits per heavy atom. The second kappa shape index (κ2) is 7.75. The molecule has 2 aromatic rings. The Balaban J connectivity index is 1.74. The maximum atomic E-state index is 11.8. The average molecular weight is 414 g/mol. The van der Waals surface area contributed by atoms with Gasteiger partial charge >= 0.3 is 0 Å². The Morgan fingerprint density at radius 3 is 2.81 bits per heavy atom. The molecule has 0 amide bonds. The minimum Gasteiger partial charge on any atom is -0.330 e. The van der Waals surface area contributed by atoms with Crippen molar-refractivity contribution < 1.29 is 13.3 Å². The molecular formula is C17H25N4O2S3+. The summed E-state index contributed by atoms with van der Waals surface area (Å²) in [5.41, 5.74) is 3.41. The summed E-state index contributed by atoms with van der Waals surface area (Å²) in [5.74, 6) is 0.560. The molecule has 2 atom stereocenters. The van der Waals surface area contributed by atoms with Gasteiger partial charge in [-0.3, -0.25) is 0 Å². The molecule has 6 nitrogen and oxygen atoms in total. The molecule has 1 aliphatic rings. The maximum Gasteiger partial charge on any atom is 0.209 e. The summed E-state index contributed by atoms with van der Waals surface area (Å²) < 4.78 is 26.1. The van der Waals surface area contributed by atoms with E-state index in [1.165, 1.54) is 21.8 Å². The monoisotopic (exact) mass is 413 g/mol. The molecule has 0 aliphatic carbocycles. The molecule has 9 heteroatoms. The van der Waals surface area contributed by atoms with Gasteiger partial charge < -0.3 is 10.2 Å². The summed E-state index contributed by atoms with van der Waals surface area (Å²) in [7, 11) is -2.88. The van der Waals surface area contributed by atoms with E-state index in [0.717, 1.165) is 29.3 Å². The van der Waals surface area contributed by atoms with E-state index in [2.05, 4.69) is 43.3 Å². The van der Waals surface area contributed by atoms with E-state index in [-0.39, 0.29) is 11.8 Å². The summed E-state index contributed by atoms with van der Waals surface area (Å²) in [6.45, 7) is 7.65. The highest BCUT2D eigenvalue weighted by atomic mass is 32.2. The summed E-state index contributed by atoms with van der Waals surface area (Å²) >= 11 is 6.92. The molecule has 0 bridgehead atoms. The van der Waals surface area contributed by atoms with Crippen LogP contribution in [0.4, 0.5) is 10.8 Å². The fraction of sp³-hybridized carbons (Fsp3) is 0.529. The highest BCUT2D eigenvalue weighted by Gasteiger charge is 2.35. The molecule has 1 aliphatic heterocycles. The molecule has 1 aromatic carbocycles. The molecule has 0 saturated carbocycles. The Kier molecular flexibility index (Phi) is 5.81. The second-order valence-corrected chi connectivity index (χ2v) is 10.7. The fourth-order valence-electron chi connectivity index (χ4n) is 3.36. The van der Waals surface area contributed by atoms with Crippen LogP contribution in [0.2, 0.25) is 0 Å². The van der Waals surface area contributed by atoms with Gasteiger partial charge in [0.1, 0.15) is 11.8 Å². The number of quaternary nitrogens is 1. The van der Waals surface area contributed by atoms with Crippen LogP contribution in [-0.4, -0.2) is 42.3 Å². The lowest BCUT2D eigenvalue weighted by Crippen LogP contribution is -3.15. The molecule has 1 saturated heterocycles. The SMILES string of the molecule is CC[NH+](Cn1nc(Nc2ccc(C)cc2C)sc1=S)[C@H]1CCS(=O)(=O)C1. The van der Waals surface area contributed by atoms with Crippen LogP contribution < -0.4 is 10.2 Å². The van der Waals surface area contributed by atoms with Gasteiger partial charge in [-0.15, -0.1) is 5.10 Å². The van der Waals surface area contributed by atoms with Gasteiger partial charge in [0.2, 0.25) is 5.13 Å². The minimum atomic E-state index is -2.88. The van der Waals surface area contributed by atoms with Crippen LogP contribution in [0, 0.1) is 17.8 Å². The number of benzene rings is 1. The first-order valence-corrected chi connectivity index (χ1v) is 11.8. The van der Waals surface area contributed by atoms with E-state index in [1.807, 2.05) is 10.7 Å². The van der Waals surface area contributed by atoms with Crippen molar-refractivity contribution >= 4 is 44.2 Å². The number of aromatic nitrogens is 2. The molecule has 1 fully saturated rings. The molecule has 2 heterocycles. The highest BCUT2D eigenvalue weighted by molar-refractivity contribution is 7.91. The number of aryl methyl sites for hydroxylation is 2. The second-order valence-electron chi connectivity index (χ2n) is 6.89. The van der Waals surface area contributed by atoms with Crippen molar-refractivity contribution in [3.8, 4) is 0 Å². The van der Waals surface area contributed by atoms with Crippen molar-refractivity contribution in [2.45, 2.75) is 39.9 Å². The smallest absolute Gasteiger partial charge is 0.209 e. The van der Waals surface area contributed by atoms with Crippen LogP contribution in [0.15, 0.2) is 18.2 Å². The number of sulfone groups is 1. The zero-order chi connectivity index (χ0) is 18.9. The Morgan fingerprint density at radius 2 is 2.19 bits per heavy atom. The first-order chi connectivity index (χ1) is 12.3. The first-order valence-electron chi connectivity index (χ1n) is 8.74.